The number of benzene rings is 1. The molecule has 1 atom stereocenters. The van der Waals surface area contributed by atoms with E-state index in [0.717, 1.165) is 18.4 Å². The second-order valence-corrected chi connectivity index (χ2v) is 5.98. The smallest absolute Gasteiger partial charge is 0.227 e. The van der Waals surface area contributed by atoms with E-state index in [-0.39, 0.29) is 23.9 Å². The van der Waals surface area contributed by atoms with Crippen LogP contribution < -0.4 is 0 Å². The lowest BCUT2D eigenvalue weighted by atomic mass is 10.1. The van der Waals surface area contributed by atoms with E-state index in [1.165, 1.54) is 6.07 Å². The molecule has 0 unspecified atom stereocenters. The van der Waals surface area contributed by atoms with Crippen LogP contribution in [0.5, 0.6) is 0 Å². The normalized spacial score (nSPS) is 18.0. The van der Waals surface area contributed by atoms with Crippen LogP contribution in [0.4, 0.5) is 4.39 Å². The lowest BCUT2D eigenvalue weighted by Crippen LogP contribution is -2.32. The Kier molecular flexibility index (Phi) is 4.16. The minimum atomic E-state index is -0.432. The quantitative estimate of drug-likeness (QED) is 0.871. The fraction of sp³-hybridized carbons (Fsp3) is 0.375. The molecule has 116 valence electrons. The molecule has 4 nitrogen and oxygen atoms in total. The van der Waals surface area contributed by atoms with E-state index in [0.29, 0.717) is 11.6 Å². The van der Waals surface area contributed by atoms with Crippen molar-refractivity contribution in [1.82, 2.24) is 14.7 Å². The number of halogens is 2. The summed E-state index contributed by atoms with van der Waals surface area (Å²) in [5, 5.41) is 4.46. The summed E-state index contributed by atoms with van der Waals surface area (Å²) >= 11 is 6.01. The Morgan fingerprint density at radius 1 is 1.50 bits per heavy atom. The van der Waals surface area contributed by atoms with Crippen molar-refractivity contribution < 1.29 is 9.18 Å². The number of aromatic nitrogens is 2. The van der Waals surface area contributed by atoms with Crippen molar-refractivity contribution in [2.24, 2.45) is 7.05 Å². The third-order valence-corrected chi connectivity index (χ3v) is 4.43. The van der Waals surface area contributed by atoms with Crippen LogP contribution in [0.15, 0.2) is 30.6 Å². The van der Waals surface area contributed by atoms with Gasteiger partial charge in [0, 0.05) is 35.9 Å². The Labute approximate surface area is 133 Å². The summed E-state index contributed by atoms with van der Waals surface area (Å²) in [6.07, 6.45) is 5.54. The molecule has 3 rings (SSSR count). The molecule has 2 heterocycles. The number of carbonyl (C=O) groups excluding carboxylic acids is 1. The van der Waals surface area contributed by atoms with Gasteiger partial charge in [0.1, 0.15) is 5.82 Å². The van der Waals surface area contributed by atoms with Crippen molar-refractivity contribution in [3.05, 3.63) is 52.6 Å². The second-order valence-electron chi connectivity index (χ2n) is 5.57. The van der Waals surface area contributed by atoms with Crippen LogP contribution in [0, 0.1) is 5.82 Å². The summed E-state index contributed by atoms with van der Waals surface area (Å²) in [6, 6.07) is 4.50. The van der Waals surface area contributed by atoms with Gasteiger partial charge in [-0.15, -0.1) is 0 Å². The van der Waals surface area contributed by atoms with E-state index in [9.17, 15) is 9.18 Å². The summed E-state index contributed by atoms with van der Waals surface area (Å²) in [7, 11) is 1.85. The Bertz CT molecular complexity index is 680. The number of hydrogen-bond donors (Lipinski definition) is 0. The third kappa shape index (κ3) is 2.86. The van der Waals surface area contributed by atoms with Crippen molar-refractivity contribution in [3.8, 4) is 0 Å². The number of amides is 1. The molecule has 1 amide bonds. The van der Waals surface area contributed by atoms with Crippen LogP contribution in [0.25, 0.3) is 0 Å². The highest BCUT2D eigenvalue weighted by Crippen LogP contribution is 2.32. The average molecular weight is 322 g/mol. The molecule has 1 aromatic heterocycles. The van der Waals surface area contributed by atoms with Crippen LogP contribution in [0.3, 0.4) is 0 Å². The van der Waals surface area contributed by atoms with Gasteiger partial charge in [-0.2, -0.15) is 5.10 Å². The Hall–Kier alpha value is -1.88. The zero-order valence-electron chi connectivity index (χ0n) is 12.3. The Morgan fingerprint density at radius 3 is 3.00 bits per heavy atom. The molecule has 0 saturated carbocycles. The Balaban J connectivity index is 1.79. The summed E-state index contributed by atoms with van der Waals surface area (Å²) in [4.78, 5) is 14.4. The molecule has 0 spiro atoms. The average Bonchev–Trinajstić information content (AvgIpc) is 3.11. The Morgan fingerprint density at radius 2 is 2.32 bits per heavy atom. The molecule has 22 heavy (non-hydrogen) atoms. The molecule has 1 fully saturated rings. The van der Waals surface area contributed by atoms with Gasteiger partial charge in [-0.25, -0.2) is 4.39 Å². The molecule has 0 bridgehead atoms. The van der Waals surface area contributed by atoms with Gasteiger partial charge in [-0.05, 0) is 25.0 Å². The van der Waals surface area contributed by atoms with E-state index < -0.39 is 5.82 Å². The molecule has 1 aliphatic rings. The van der Waals surface area contributed by atoms with Gasteiger partial charge in [0.2, 0.25) is 5.91 Å². The largest absolute Gasteiger partial charge is 0.335 e. The van der Waals surface area contributed by atoms with E-state index in [4.69, 9.17) is 11.6 Å². The van der Waals surface area contributed by atoms with Crippen molar-refractivity contribution in [1.29, 1.82) is 0 Å². The second kappa shape index (κ2) is 6.08. The first kappa shape index (κ1) is 15.0. The molecular formula is C16H17ClFN3O. The van der Waals surface area contributed by atoms with E-state index in [2.05, 4.69) is 5.10 Å². The predicted molar refractivity (Wildman–Crippen MR) is 82.0 cm³/mol. The first-order valence-electron chi connectivity index (χ1n) is 7.27. The highest BCUT2D eigenvalue weighted by atomic mass is 35.5. The number of likely N-dealkylation sites (tertiary alicyclic amines) is 1. The van der Waals surface area contributed by atoms with E-state index >= 15 is 0 Å². The summed E-state index contributed by atoms with van der Waals surface area (Å²) in [5.74, 6) is -0.531. The van der Waals surface area contributed by atoms with Gasteiger partial charge in [0.25, 0.3) is 0 Å². The minimum absolute atomic E-state index is 0.0116. The van der Waals surface area contributed by atoms with Crippen molar-refractivity contribution >= 4 is 17.5 Å². The number of carbonyl (C=O) groups is 1. The summed E-state index contributed by atoms with van der Waals surface area (Å²) in [5.41, 5.74) is 1.29. The first-order chi connectivity index (χ1) is 10.6. The summed E-state index contributed by atoms with van der Waals surface area (Å²) in [6.45, 7) is 0.685. The van der Waals surface area contributed by atoms with Gasteiger partial charge >= 0.3 is 0 Å². The minimum Gasteiger partial charge on any atom is -0.335 e. The molecule has 1 aromatic carbocycles. The molecular weight excluding hydrogens is 305 g/mol. The van der Waals surface area contributed by atoms with Crippen LogP contribution in [-0.4, -0.2) is 27.1 Å². The zero-order chi connectivity index (χ0) is 15.7. The third-order valence-electron chi connectivity index (χ3n) is 4.07. The fourth-order valence-electron chi connectivity index (χ4n) is 2.98. The van der Waals surface area contributed by atoms with Crippen LogP contribution in [0.1, 0.15) is 30.0 Å². The van der Waals surface area contributed by atoms with Gasteiger partial charge in [0.15, 0.2) is 0 Å². The monoisotopic (exact) mass is 321 g/mol. The number of aryl methyl sites for hydroxylation is 1. The highest BCUT2D eigenvalue weighted by Gasteiger charge is 2.31. The van der Waals surface area contributed by atoms with Gasteiger partial charge in [-0.1, -0.05) is 17.7 Å². The topological polar surface area (TPSA) is 38.1 Å². The molecule has 6 heteroatoms. The van der Waals surface area contributed by atoms with Crippen molar-refractivity contribution in [3.63, 3.8) is 0 Å². The van der Waals surface area contributed by atoms with Crippen LogP contribution in [-0.2, 0) is 18.3 Å². The maximum atomic E-state index is 13.9. The summed E-state index contributed by atoms with van der Waals surface area (Å²) < 4.78 is 15.6. The molecule has 2 aromatic rings. The van der Waals surface area contributed by atoms with Gasteiger partial charge < -0.3 is 4.90 Å². The number of nitrogens with zero attached hydrogens (tertiary/aromatic N) is 3. The van der Waals surface area contributed by atoms with Crippen molar-refractivity contribution in [2.75, 3.05) is 6.54 Å². The maximum absolute atomic E-state index is 13.9. The van der Waals surface area contributed by atoms with E-state index in [1.807, 2.05) is 13.2 Å². The number of hydrogen-bond acceptors (Lipinski definition) is 2. The molecule has 0 aliphatic carbocycles. The molecule has 0 radical (unpaired) electrons. The van der Waals surface area contributed by atoms with Crippen LogP contribution >= 0.6 is 11.6 Å². The zero-order valence-corrected chi connectivity index (χ0v) is 13.1. The van der Waals surface area contributed by atoms with Crippen LogP contribution in [0.2, 0.25) is 5.02 Å². The lowest BCUT2D eigenvalue weighted by molar-refractivity contribution is -0.131. The highest BCUT2D eigenvalue weighted by molar-refractivity contribution is 6.31. The molecule has 1 aliphatic heterocycles. The first-order valence-corrected chi connectivity index (χ1v) is 7.65. The van der Waals surface area contributed by atoms with Crippen molar-refractivity contribution in [2.45, 2.75) is 25.3 Å². The van der Waals surface area contributed by atoms with Gasteiger partial charge in [-0.3, -0.25) is 9.48 Å². The predicted octanol–water partition coefficient (Wildman–Crippen LogP) is 3.12. The lowest BCUT2D eigenvalue weighted by Gasteiger charge is -2.24. The SMILES string of the molecule is Cn1cc([C@@H]2CCCN2C(=O)Cc2c(F)cccc2Cl)cn1. The maximum Gasteiger partial charge on any atom is 0.227 e. The molecule has 0 N–H and O–H groups in total. The standard InChI is InChI=1S/C16H17ClFN3O/c1-20-10-11(9-19-20)15-6-3-7-21(15)16(22)8-12-13(17)4-2-5-14(12)18/h2,4-5,9-10,15H,3,6-8H2,1H3/t15-/m0/s1. The fourth-order valence-corrected chi connectivity index (χ4v) is 3.21. The van der Waals surface area contributed by atoms with E-state index in [1.54, 1.807) is 27.9 Å². The number of rotatable bonds is 3. The molecule has 1 saturated heterocycles. The van der Waals surface area contributed by atoms with Gasteiger partial charge in [0.05, 0.1) is 18.7 Å².